The van der Waals surface area contributed by atoms with Crippen molar-refractivity contribution in [3.8, 4) is 11.4 Å². The summed E-state index contributed by atoms with van der Waals surface area (Å²) in [6.45, 7) is 0. The molecule has 0 radical (unpaired) electrons. The number of nitrogens with zero attached hydrogens (tertiary/aromatic N) is 2. The molecule has 0 saturated heterocycles. The number of anilines is 1. The lowest BCUT2D eigenvalue weighted by Gasteiger charge is -2.05. The fourth-order valence-corrected chi connectivity index (χ4v) is 3.23. The maximum atomic E-state index is 12.2. The first-order valence-electron chi connectivity index (χ1n) is 8.17. The Kier molecular flexibility index (Phi) is 4.66. The van der Waals surface area contributed by atoms with Crippen LogP contribution in [0.15, 0.2) is 78.0 Å². The van der Waals surface area contributed by atoms with Gasteiger partial charge in [-0.2, -0.15) is 0 Å². The number of H-pyrrole nitrogens is 1. The topological polar surface area (TPSA) is 70.7 Å². The molecule has 26 heavy (non-hydrogen) atoms. The second-order valence-electron chi connectivity index (χ2n) is 5.73. The quantitative estimate of drug-likeness (QED) is 0.519. The minimum absolute atomic E-state index is 0.0867. The molecule has 0 unspecified atom stereocenters. The van der Waals surface area contributed by atoms with Gasteiger partial charge in [0.25, 0.3) is 0 Å². The molecule has 0 aliphatic rings. The van der Waals surface area contributed by atoms with Crippen LogP contribution in [0.1, 0.15) is 0 Å². The Labute approximate surface area is 154 Å². The van der Waals surface area contributed by atoms with Crippen molar-refractivity contribution in [1.82, 2.24) is 15.2 Å². The van der Waals surface area contributed by atoms with Crippen LogP contribution in [0.25, 0.3) is 22.2 Å². The Morgan fingerprint density at radius 1 is 0.962 bits per heavy atom. The first-order chi connectivity index (χ1) is 12.8. The molecule has 0 bridgehead atoms. The number of hydrogen-bond acceptors (Lipinski definition) is 4. The summed E-state index contributed by atoms with van der Waals surface area (Å²) >= 11 is 1.30. The molecule has 1 amide bonds. The molecule has 1 heterocycles. The number of amides is 1. The second-order valence-corrected chi connectivity index (χ2v) is 6.67. The van der Waals surface area contributed by atoms with Crippen LogP contribution in [-0.4, -0.2) is 26.8 Å². The van der Waals surface area contributed by atoms with Gasteiger partial charge in [0.1, 0.15) is 0 Å². The predicted octanol–water partition coefficient (Wildman–Crippen LogP) is 4.36. The summed E-state index contributed by atoms with van der Waals surface area (Å²) in [6.07, 6.45) is 0. The molecule has 0 saturated carbocycles. The summed E-state index contributed by atoms with van der Waals surface area (Å²) in [5.41, 5.74) is 1.75. The van der Waals surface area contributed by atoms with Crippen molar-refractivity contribution in [2.45, 2.75) is 5.16 Å². The molecule has 2 N–H and O–H groups in total. The van der Waals surface area contributed by atoms with Crippen molar-refractivity contribution in [3.63, 3.8) is 0 Å². The van der Waals surface area contributed by atoms with Crippen molar-refractivity contribution in [3.05, 3.63) is 72.8 Å². The van der Waals surface area contributed by atoms with E-state index in [4.69, 9.17) is 0 Å². The number of carbonyl (C=O) groups excluding carboxylic acids is 1. The van der Waals surface area contributed by atoms with Crippen molar-refractivity contribution in [2.75, 3.05) is 11.1 Å². The van der Waals surface area contributed by atoms with E-state index in [0.29, 0.717) is 11.0 Å². The Morgan fingerprint density at radius 3 is 2.58 bits per heavy atom. The normalized spacial score (nSPS) is 10.8. The predicted molar refractivity (Wildman–Crippen MR) is 105 cm³/mol. The average molecular weight is 360 g/mol. The van der Waals surface area contributed by atoms with E-state index in [2.05, 4.69) is 20.5 Å². The van der Waals surface area contributed by atoms with E-state index >= 15 is 0 Å². The average Bonchev–Trinajstić information content (AvgIpc) is 3.16. The molecule has 0 aliphatic carbocycles. The zero-order chi connectivity index (χ0) is 17.8. The first-order valence-corrected chi connectivity index (χ1v) is 9.16. The van der Waals surface area contributed by atoms with Gasteiger partial charge in [-0.3, -0.25) is 9.89 Å². The van der Waals surface area contributed by atoms with Crippen molar-refractivity contribution in [1.29, 1.82) is 0 Å². The van der Waals surface area contributed by atoms with E-state index in [9.17, 15) is 4.79 Å². The maximum absolute atomic E-state index is 12.2. The molecule has 0 fully saturated rings. The molecule has 0 spiro atoms. The Morgan fingerprint density at radius 2 is 1.73 bits per heavy atom. The van der Waals surface area contributed by atoms with Gasteiger partial charge >= 0.3 is 0 Å². The Hall–Kier alpha value is -3.12. The highest BCUT2D eigenvalue weighted by molar-refractivity contribution is 7.99. The minimum atomic E-state index is -0.0867. The van der Waals surface area contributed by atoms with Gasteiger partial charge in [0, 0.05) is 11.3 Å². The second kappa shape index (κ2) is 7.41. The molecule has 3 aromatic carbocycles. The Balaban J connectivity index is 1.37. The zero-order valence-corrected chi connectivity index (χ0v) is 14.7. The summed E-state index contributed by atoms with van der Waals surface area (Å²) in [5, 5.41) is 12.8. The molecule has 1 aromatic heterocycles. The van der Waals surface area contributed by atoms with Crippen LogP contribution in [-0.2, 0) is 4.79 Å². The van der Waals surface area contributed by atoms with Crippen LogP contribution in [0.5, 0.6) is 0 Å². The van der Waals surface area contributed by atoms with Crippen LogP contribution < -0.4 is 5.32 Å². The van der Waals surface area contributed by atoms with Crippen LogP contribution in [0.2, 0.25) is 0 Å². The van der Waals surface area contributed by atoms with E-state index < -0.39 is 0 Å². The lowest BCUT2D eigenvalue weighted by molar-refractivity contribution is -0.113. The number of hydrogen-bond donors (Lipinski definition) is 2. The van der Waals surface area contributed by atoms with E-state index in [1.165, 1.54) is 11.8 Å². The molecule has 128 valence electrons. The van der Waals surface area contributed by atoms with Crippen LogP contribution in [0.3, 0.4) is 0 Å². The summed E-state index contributed by atoms with van der Waals surface area (Å²) in [4.78, 5) is 16.6. The van der Waals surface area contributed by atoms with E-state index in [1.807, 2.05) is 72.8 Å². The van der Waals surface area contributed by atoms with Gasteiger partial charge in [0.05, 0.1) is 5.75 Å². The van der Waals surface area contributed by atoms with Crippen molar-refractivity contribution >= 4 is 34.1 Å². The highest BCUT2D eigenvalue weighted by atomic mass is 32.2. The van der Waals surface area contributed by atoms with E-state index in [-0.39, 0.29) is 11.7 Å². The lowest BCUT2D eigenvalue weighted by Crippen LogP contribution is -2.14. The molecule has 4 rings (SSSR count). The SMILES string of the molecule is O=C(CSc1n[nH]c(-c2ccccc2)n1)Nc1ccc2ccccc2c1. The van der Waals surface area contributed by atoms with Gasteiger partial charge in [-0.05, 0) is 22.9 Å². The molecule has 5 nitrogen and oxygen atoms in total. The summed E-state index contributed by atoms with van der Waals surface area (Å²) in [6, 6.07) is 23.7. The summed E-state index contributed by atoms with van der Waals surface area (Å²) in [7, 11) is 0. The number of aromatic amines is 1. The highest BCUT2D eigenvalue weighted by Crippen LogP contribution is 2.21. The number of aromatic nitrogens is 3. The van der Waals surface area contributed by atoms with E-state index in [0.717, 1.165) is 22.0 Å². The highest BCUT2D eigenvalue weighted by Gasteiger charge is 2.09. The molecule has 0 atom stereocenters. The standard InChI is InChI=1S/C20H16N4OS/c25-18(21-17-11-10-14-6-4-5-9-16(14)12-17)13-26-20-22-19(23-24-20)15-7-2-1-3-8-15/h1-12H,13H2,(H,21,25)(H,22,23,24). The third-order valence-corrected chi connectivity index (χ3v) is 4.73. The fourth-order valence-electron chi connectivity index (χ4n) is 2.63. The van der Waals surface area contributed by atoms with Gasteiger partial charge in [0.15, 0.2) is 5.82 Å². The van der Waals surface area contributed by atoms with Crippen LogP contribution in [0, 0.1) is 0 Å². The smallest absolute Gasteiger partial charge is 0.234 e. The number of rotatable bonds is 5. The van der Waals surface area contributed by atoms with Gasteiger partial charge in [-0.15, -0.1) is 5.10 Å². The lowest BCUT2D eigenvalue weighted by atomic mass is 10.1. The number of fused-ring (bicyclic) bond motifs is 1. The van der Waals surface area contributed by atoms with Gasteiger partial charge in [-0.25, -0.2) is 4.98 Å². The molecule has 0 aliphatic heterocycles. The molecular formula is C20H16N4OS. The largest absolute Gasteiger partial charge is 0.325 e. The molecule has 4 aromatic rings. The third kappa shape index (κ3) is 3.75. The monoisotopic (exact) mass is 360 g/mol. The Bertz CT molecular complexity index is 1050. The molecular weight excluding hydrogens is 344 g/mol. The van der Waals surface area contributed by atoms with E-state index in [1.54, 1.807) is 0 Å². The zero-order valence-electron chi connectivity index (χ0n) is 13.8. The molecule has 6 heteroatoms. The fraction of sp³-hybridized carbons (Fsp3) is 0.0500. The van der Waals surface area contributed by atoms with Gasteiger partial charge < -0.3 is 5.32 Å². The summed E-state index contributed by atoms with van der Waals surface area (Å²) < 4.78 is 0. The van der Waals surface area contributed by atoms with Crippen LogP contribution in [0.4, 0.5) is 5.69 Å². The third-order valence-electron chi connectivity index (χ3n) is 3.88. The summed E-state index contributed by atoms with van der Waals surface area (Å²) in [5.74, 6) is 0.859. The minimum Gasteiger partial charge on any atom is -0.325 e. The number of thioether (sulfide) groups is 1. The van der Waals surface area contributed by atoms with Crippen molar-refractivity contribution in [2.24, 2.45) is 0 Å². The maximum Gasteiger partial charge on any atom is 0.234 e. The number of nitrogens with one attached hydrogen (secondary N) is 2. The number of carbonyl (C=O) groups is 1. The number of benzene rings is 3. The van der Waals surface area contributed by atoms with Crippen LogP contribution >= 0.6 is 11.8 Å². The van der Waals surface area contributed by atoms with Gasteiger partial charge in [0.2, 0.25) is 11.1 Å². The van der Waals surface area contributed by atoms with Gasteiger partial charge in [-0.1, -0.05) is 72.4 Å². The first kappa shape index (κ1) is 16.4. The van der Waals surface area contributed by atoms with Crippen molar-refractivity contribution < 1.29 is 4.79 Å².